The molecule has 3 aliphatic rings. The van der Waals surface area contributed by atoms with Gasteiger partial charge in [0.05, 0.1) is 0 Å². The summed E-state index contributed by atoms with van der Waals surface area (Å²) in [6.07, 6.45) is 4.13. The third kappa shape index (κ3) is 2.28. The molecule has 2 fully saturated rings. The minimum atomic E-state index is 0.584. The lowest BCUT2D eigenvalue weighted by Crippen LogP contribution is -2.43. The molecule has 3 heteroatoms. The Labute approximate surface area is 121 Å². The Kier molecular flexibility index (Phi) is 3.51. The van der Waals surface area contributed by atoms with E-state index in [0.717, 1.165) is 19.1 Å². The molecule has 0 aromatic heterocycles. The van der Waals surface area contributed by atoms with E-state index in [1.165, 1.54) is 51.0 Å². The van der Waals surface area contributed by atoms with Crippen molar-refractivity contribution < 1.29 is 0 Å². The second-order valence-electron chi connectivity index (χ2n) is 6.53. The molecule has 1 aromatic carbocycles. The maximum absolute atomic E-state index is 3.61. The molecule has 1 aromatic rings. The highest BCUT2D eigenvalue weighted by molar-refractivity contribution is 5.32. The van der Waals surface area contributed by atoms with Crippen molar-refractivity contribution in [1.82, 2.24) is 15.1 Å². The van der Waals surface area contributed by atoms with Gasteiger partial charge in [-0.05, 0) is 43.5 Å². The summed E-state index contributed by atoms with van der Waals surface area (Å²) in [6, 6.07) is 10.4. The normalized spacial score (nSPS) is 31.6. The van der Waals surface area contributed by atoms with Crippen molar-refractivity contribution in [1.29, 1.82) is 0 Å². The third-order valence-corrected chi connectivity index (χ3v) is 5.34. The van der Waals surface area contributed by atoms with E-state index in [1.807, 2.05) is 0 Å². The van der Waals surface area contributed by atoms with Gasteiger partial charge in [0.15, 0.2) is 0 Å². The van der Waals surface area contributed by atoms with Crippen LogP contribution >= 0.6 is 0 Å². The lowest BCUT2D eigenvalue weighted by atomic mass is 9.95. The van der Waals surface area contributed by atoms with Crippen LogP contribution in [-0.2, 0) is 6.54 Å². The van der Waals surface area contributed by atoms with Gasteiger partial charge in [-0.15, -0.1) is 0 Å². The highest BCUT2D eigenvalue weighted by atomic mass is 15.3. The van der Waals surface area contributed by atoms with Crippen LogP contribution in [-0.4, -0.2) is 48.6 Å². The maximum atomic E-state index is 3.61. The first-order chi connectivity index (χ1) is 9.92. The molecule has 3 aliphatic heterocycles. The fraction of sp³-hybridized carbons (Fsp3) is 0.647. The first-order valence-corrected chi connectivity index (χ1v) is 8.18. The molecule has 0 saturated carbocycles. The van der Waals surface area contributed by atoms with Crippen LogP contribution in [0, 0.1) is 0 Å². The van der Waals surface area contributed by atoms with Gasteiger partial charge in [-0.3, -0.25) is 9.80 Å². The lowest BCUT2D eigenvalue weighted by Gasteiger charge is -2.37. The molecule has 0 amide bonds. The zero-order valence-corrected chi connectivity index (χ0v) is 12.2. The monoisotopic (exact) mass is 271 g/mol. The van der Waals surface area contributed by atoms with Gasteiger partial charge in [0.1, 0.15) is 0 Å². The van der Waals surface area contributed by atoms with Gasteiger partial charge >= 0.3 is 0 Å². The fourth-order valence-corrected chi connectivity index (χ4v) is 4.32. The number of hydrogen-bond donors (Lipinski definition) is 1. The van der Waals surface area contributed by atoms with Crippen LogP contribution in [0.5, 0.6) is 0 Å². The molecular weight excluding hydrogens is 246 g/mol. The zero-order valence-electron chi connectivity index (χ0n) is 12.2. The van der Waals surface area contributed by atoms with Gasteiger partial charge in [-0.25, -0.2) is 0 Å². The minimum Gasteiger partial charge on any atom is -0.311 e. The van der Waals surface area contributed by atoms with Crippen molar-refractivity contribution in [3.05, 3.63) is 35.4 Å². The van der Waals surface area contributed by atoms with Crippen LogP contribution in [0.15, 0.2) is 24.3 Å². The van der Waals surface area contributed by atoms with E-state index in [2.05, 4.69) is 39.4 Å². The molecule has 1 N–H and O–H groups in total. The number of hydrogen-bond acceptors (Lipinski definition) is 3. The van der Waals surface area contributed by atoms with Crippen molar-refractivity contribution in [2.45, 2.75) is 37.9 Å². The third-order valence-electron chi connectivity index (χ3n) is 5.34. The van der Waals surface area contributed by atoms with Crippen LogP contribution in [0.2, 0.25) is 0 Å². The van der Waals surface area contributed by atoms with Gasteiger partial charge in [0.2, 0.25) is 0 Å². The average Bonchev–Trinajstić information content (AvgIpc) is 2.84. The number of nitrogens with zero attached hydrogens (tertiary/aromatic N) is 2. The fourth-order valence-electron chi connectivity index (χ4n) is 4.32. The number of fused-ring (bicyclic) bond motifs is 2. The molecule has 0 spiro atoms. The molecule has 2 atom stereocenters. The topological polar surface area (TPSA) is 18.5 Å². The zero-order chi connectivity index (χ0) is 13.4. The van der Waals surface area contributed by atoms with Gasteiger partial charge in [0, 0.05) is 38.3 Å². The first kappa shape index (κ1) is 12.8. The second kappa shape index (κ2) is 5.47. The van der Waals surface area contributed by atoms with E-state index in [4.69, 9.17) is 0 Å². The molecule has 20 heavy (non-hydrogen) atoms. The van der Waals surface area contributed by atoms with Gasteiger partial charge < -0.3 is 5.32 Å². The maximum Gasteiger partial charge on any atom is 0.0476 e. The summed E-state index contributed by atoms with van der Waals surface area (Å²) < 4.78 is 0. The molecule has 0 bridgehead atoms. The molecule has 2 unspecified atom stereocenters. The summed E-state index contributed by atoms with van der Waals surface area (Å²) >= 11 is 0. The van der Waals surface area contributed by atoms with Gasteiger partial charge in [0.25, 0.3) is 0 Å². The van der Waals surface area contributed by atoms with E-state index in [0.29, 0.717) is 6.04 Å². The quantitative estimate of drug-likeness (QED) is 0.843. The Morgan fingerprint density at radius 3 is 2.85 bits per heavy atom. The minimum absolute atomic E-state index is 0.584. The molecular formula is C17H25N3. The van der Waals surface area contributed by atoms with Gasteiger partial charge in [-0.2, -0.15) is 0 Å². The van der Waals surface area contributed by atoms with E-state index < -0.39 is 0 Å². The SMILES string of the molecule is c1ccc2c(c1)CNCC2N1CCCN2CCCC2C1. The summed E-state index contributed by atoms with van der Waals surface area (Å²) in [5, 5.41) is 3.61. The Hall–Kier alpha value is -0.900. The van der Waals surface area contributed by atoms with Crippen LogP contribution in [0.25, 0.3) is 0 Å². The molecule has 0 aliphatic carbocycles. The highest BCUT2D eigenvalue weighted by Crippen LogP contribution is 2.30. The Morgan fingerprint density at radius 1 is 1.00 bits per heavy atom. The molecule has 3 heterocycles. The Morgan fingerprint density at radius 2 is 1.85 bits per heavy atom. The van der Waals surface area contributed by atoms with E-state index in [-0.39, 0.29) is 0 Å². The van der Waals surface area contributed by atoms with E-state index >= 15 is 0 Å². The van der Waals surface area contributed by atoms with E-state index in [1.54, 1.807) is 5.56 Å². The molecule has 108 valence electrons. The van der Waals surface area contributed by atoms with Crippen LogP contribution < -0.4 is 5.32 Å². The Bertz CT molecular complexity index is 473. The summed E-state index contributed by atoms with van der Waals surface area (Å²) in [5.74, 6) is 0. The summed E-state index contributed by atoms with van der Waals surface area (Å²) in [7, 11) is 0. The molecule has 2 saturated heterocycles. The van der Waals surface area contributed by atoms with Crippen LogP contribution in [0.4, 0.5) is 0 Å². The predicted octanol–water partition coefficient (Wildman–Crippen LogP) is 2.00. The van der Waals surface area contributed by atoms with E-state index in [9.17, 15) is 0 Å². The number of nitrogens with one attached hydrogen (secondary N) is 1. The van der Waals surface area contributed by atoms with Crippen molar-refractivity contribution in [3.63, 3.8) is 0 Å². The second-order valence-corrected chi connectivity index (χ2v) is 6.53. The summed E-state index contributed by atoms with van der Waals surface area (Å²) in [5.41, 5.74) is 3.06. The summed E-state index contributed by atoms with van der Waals surface area (Å²) in [4.78, 5) is 5.48. The Balaban J connectivity index is 1.58. The highest BCUT2D eigenvalue weighted by Gasteiger charge is 2.33. The number of benzene rings is 1. The standard InChI is InChI=1S/C17H25N3/c1-2-7-16-14(5-1)11-18-12-17(16)20-10-4-9-19-8-3-6-15(19)13-20/h1-2,5,7,15,17-18H,3-4,6,8-13H2. The average molecular weight is 271 g/mol. The van der Waals surface area contributed by atoms with Crippen LogP contribution in [0.3, 0.4) is 0 Å². The molecule has 0 radical (unpaired) electrons. The number of rotatable bonds is 1. The summed E-state index contributed by atoms with van der Waals surface area (Å²) in [6.45, 7) is 7.31. The lowest BCUT2D eigenvalue weighted by molar-refractivity contribution is 0.164. The molecule has 4 rings (SSSR count). The van der Waals surface area contributed by atoms with Crippen molar-refractivity contribution in [2.24, 2.45) is 0 Å². The largest absolute Gasteiger partial charge is 0.311 e. The van der Waals surface area contributed by atoms with Crippen molar-refractivity contribution >= 4 is 0 Å². The molecule has 3 nitrogen and oxygen atoms in total. The van der Waals surface area contributed by atoms with Crippen molar-refractivity contribution in [3.8, 4) is 0 Å². The van der Waals surface area contributed by atoms with Crippen molar-refractivity contribution in [2.75, 3.05) is 32.7 Å². The first-order valence-electron chi connectivity index (χ1n) is 8.18. The predicted molar refractivity (Wildman–Crippen MR) is 81.7 cm³/mol. The van der Waals surface area contributed by atoms with Crippen LogP contribution in [0.1, 0.15) is 36.4 Å². The smallest absolute Gasteiger partial charge is 0.0476 e. The van der Waals surface area contributed by atoms with Gasteiger partial charge in [-0.1, -0.05) is 24.3 Å².